The molecule has 1 rings (SSSR count). The molecule has 20 heavy (non-hydrogen) atoms. The second-order valence-electron chi connectivity index (χ2n) is 5.16. The Morgan fingerprint density at radius 1 is 1.25 bits per heavy atom. The Morgan fingerprint density at radius 2 is 1.95 bits per heavy atom. The van der Waals surface area contributed by atoms with Crippen LogP contribution in [0.15, 0.2) is 24.3 Å². The van der Waals surface area contributed by atoms with Crippen molar-refractivity contribution in [2.24, 2.45) is 11.8 Å². The van der Waals surface area contributed by atoms with E-state index in [1.807, 2.05) is 6.92 Å². The molecular formula is C16H21FO3. The molecule has 0 bridgehead atoms. The van der Waals surface area contributed by atoms with Crippen LogP contribution >= 0.6 is 0 Å². The summed E-state index contributed by atoms with van der Waals surface area (Å²) in [5.74, 6) is -0.979. The molecule has 0 aromatic heterocycles. The van der Waals surface area contributed by atoms with Crippen LogP contribution in [0, 0.1) is 17.7 Å². The number of hydrogen-bond acceptors (Lipinski definition) is 3. The third kappa shape index (κ3) is 5.11. The van der Waals surface area contributed by atoms with Gasteiger partial charge in [-0.15, -0.1) is 0 Å². The summed E-state index contributed by atoms with van der Waals surface area (Å²) in [6.45, 7) is 3.57. The van der Waals surface area contributed by atoms with Gasteiger partial charge in [0, 0.05) is 12.3 Å². The number of ether oxygens (including phenoxy) is 1. The molecule has 4 heteroatoms. The first-order valence-corrected chi connectivity index (χ1v) is 6.79. The molecular weight excluding hydrogens is 259 g/mol. The summed E-state index contributed by atoms with van der Waals surface area (Å²) in [7, 11) is 1.34. The maximum absolute atomic E-state index is 13.0. The van der Waals surface area contributed by atoms with Gasteiger partial charge in [0.25, 0.3) is 0 Å². The van der Waals surface area contributed by atoms with E-state index in [4.69, 9.17) is 0 Å². The highest BCUT2D eigenvalue weighted by Crippen LogP contribution is 2.17. The summed E-state index contributed by atoms with van der Waals surface area (Å²) < 4.78 is 17.7. The summed E-state index contributed by atoms with van der Waals surface area (Å²) in [6.07, 6.45) is 1.36. The van der Waals surface area contributed by atoms with Gasteiger partial charge in [0.1, 0.15) is 11.6 Å². The van der Waals surface area contributed by atoms with E-state index in [9.17, 15) is 14.0 Å². The highest BCUT2D eigenvalue weighted by atomic mass is 19.1. The number of halogens is 1. The monoisotopic (exact) mass is 280 g/mol. The smallest absolute Gasteiger partial charge is 0.308 e. The van der Waals surface area contributed by atoms with E-state index in [2.05, 4.69) is 4.74 Å². The number of carbonyl (C=O) groups excluding carboxylic acids is 2. The maximum Gasteiger partial charge on any atom is 0.308 e. The van der Waals surface area contributed by atoms with Crippen LogP contribution in [0.25, 0.3) is 0 Å². The fraction of sp³-hybridized carbons (Fsp3) is 0.500. The lowest BCUT2D eigenvalue weighted by Crippen LogP contribution is -2.20. The van der Waals surface area contributed by atoms with Gasteiger partial charge in [0.15, 0.2) is 0 Å². The number of ketones is 1. The van der Waals surface area contributed by atoms with Crippen molar-refractivity contribution < 1.29 is 18.7 Å². The van der Waals surface area contributed by atoms with E-state index in [0.717, 1.165) is 5.56 Å². The number of Topliss-reactive ketones (excluding diaryl/α,β-unsaturated/α-hetero) is 1. The van der Waals surface area contributed by atoms with Crippen LogP contribution in [-0.4, -0.2) is 18.9 Å². The minimum atomic E-state index is -0.296. The highest BCUT2D eigenvalue weighted by molar-refractivity contribution is 5.81. The maximum atomic E-state index is 13.0. The first-order chi connectivity index (χ1) is 9.43. The number of carbonyl (C=O) groups is 2. The van der Waals surface area contributed by atoms with Crippen LogP contribution in [0.5, 0.6) is 0 Å². The second-order valence-corrected chi connectivity index (χ2v) is 5.16. The molecule has 0 aliphatic carbocycles. The zero-order valence-electron chi connectivity index (χ0n) is 12.2. The summed E-state index contributed by atoms with van der Waals surface area (Å²) in [6, 6.07) is 6.26. The molecule has 0 radical (unpaired) electrons. The van der Waals surface area contributed by atoms with Gasteiger partial charge in [0.05, 0.1) is 13.0 Å². The van der Waals surface area contributed by atoms with Crippen LogP contribution in [-0.2, 0) is 20.7 Å². The Hall–Kier alpha value is -1.71. The zero-order chi connectivity index (χ0) is 15.1. The van der Waals surface area contributed by atoms with Crippen molar-refractivity contribution in [3.05, 3.63) is 35.6 Å². The topological polar surface area (TPSA) is 43.4 Å². The second kappa shape index (κ2) is 7.78. The zero-order valence-corrected chi connectivity index (χ0v) is 12.2. The molecule has 0 N–H and O–H groups in total. The van der Waals surface area contributed by atoms with Gasteiger partial charge in [-0.25, -0.2) is 4.39 Å². The third-order valence-electron chi connectivity index (χ3n) is 3.41. The molecule has 0 fully saturated rings. The molecule has 0 amide bonds. The fourth-order valence-electron chi connectivity index (χ4n) is 2.17. The van der Waals surface area contributed by atoms with Crippen molar-refractivity contribution in [3.63, 3.8) is 0 Å². The van der Waals surface area contributed by atoms with E-state index in [-0.39, 0.29) is 29.4 Å². The number of hydrogen-bond donors (Lipinski definition) is 0. The summed E-state index contributed by atoms with van der Waals surface area (Å²) in [4.78, 5) is 23.3. The van der Waals surface area contributed by atoms with Crippen LogP contribution in [0.2, 0.25) is 0 Å². The normalized spacial score (nSPS) is 13.6. The Bertz CT molecular complexity index is 471. The lowest BCUT2D eigenvalue weighted by atomic mass is 9.91. The molecule has 3 nitrogen and oxygen atoms in total. The van der Waals surface area contributed by atoms with Gasteiger partial charge in [-0.05, 0) is 30.5 Å². The fourth-order valence-corrected chi connectivity index (χ4v) is 2.17. The minimum absolute atomic E-state index is 0.0880. The first-order valence-electron chi connectivity index (χ1n) is 6.79. The van der Waals surface area contributed by atoms with Crippen molar-refractivity contribution in [1.29, 1.82) is 0 Å². The van der Waals surface area contributed by atoms with Crippen molar-refractivity contribution in [3.8, 4) is 0 Å². The molecule has 1 aromatic carbocycles. The quantitative estimate of drug-likeness (QED) is 0.721. The van der Waals surface area contributed by atoms with Gasteiger partial charge in [-0.2, -0.15) is 0 Å². The van der Waals surface area contributed by atoms with Crippen molar-refractivity contribution in [2.75, 3.05) is 7.11 Å². The highest BCUT2D eigenvalue weighted by Gasteiger charge is 2.21. The van der Waals surface area contributed by atoms with E-state index in [1.165, 1.54) is 19.2 Å². The van der Waals surface area contributed by atoms with E-state index in [0.29, 0.717) is 19.3 Å². The average Bonchev–Trinajstić information content (AvgIpc) is 2.43. The molecule has 2 unspecified atom stereocenters. The molecule has 1 aromatic rings. The number of benzene rings is 1. The van der Waals surface area contributed by atoms with Crippen LogP contribution < -0.4 is 0 Å². The number of rotatable bonds is 7. The molecule has 0 saturated heterocycles. The van der Waals surface area contributed by atoms with Gasteiger partial charge >= 0.3 is 5.97 Å². The Morgan fingerprint density at radius 3 is 2.55 bits per heavy atom. The first kappa shape index (κ1) is 16.3. The number of aryl methyl sites for hydroxylation is 1. The molecule has 2 atom stereocenters. The lowest BCUT2D eigenvalue weighted by molar-refractivity contribution is -0.145. The van der Waals surface area contributed by atoms with Gasteiger partial charge < -0.3 is 4.74 Å². The van der Waals surface area contributed by atoms with Crippen molar-refractivity contribution >= 4 is 11.8 Å². The minimum Gasteiger partial charge on any atom is -0.469 e. The Labute approximate surface area is 119 Å². The van der Waals surface area contributed by atoms with Crippen LogP contribution in [0.1, 0.15) is 32.3 Å². The molecule has 110 valence electrons. The molecule has 0 aliphatic heterocycles. The standard InChI is InChI=1S/C16H21FO3/c1-11(9-12(2)16(19)20-3)15(18)8-7-13-5-4-6-14(17)10-13/h4-6,10-12H,7-9H2,1-3H3. The van der Waals surface area contributed by atoms with E-state index >= 15 is 0 Å². The Balaban J connectivity index is 2.44. The summed E-state index contributed by atoms with van der Waals surface area (Å²) >= 11 is 0. The molecule has 0 heterocycles. The largest absolute Gasteiger partial charge is 0.469 e. The number of methoxy groups -OCH3 is 1. The summed E-state index contributed by atoms with van der Waals surface area (Å²) in [5.41, 5.74) is 0.812. The molecule has 0 spiro atoms. The lowest BCUT2D eigenvalue weighted by Gasteiger charge is -2.14. The average molecular weight is 280 g/mol. The predicted octanol–water partition coefficient (Wildman–Crippen LogP) is 3.16. The summed E-state index contributed by atoms with van der Waals surface area (Å²) in [5, 5.41) is 0. The SMILES string of the molecule is COC(=O)C(C)CC(C)C(=O)CCc1cccc(F)c1. The van der Waals surface area contributed by atoms with Crippen LogP contribution in [0.4, 0.5) is 4.39 Å². The van der Waals surface area contributed by atoms with Crippen molar-refractivity contribution in [1.82, 2.24) is 0 Å². The van der Waals surface area contributed by atoms with Gasteiger partial charge in [-0.3, -0.25) is 9.59 Å². The van der Waals surface area contributed by atoms with Crippen LogP contribution in [0.3, 0.4) is 0 Å². The molecule has 0 saturated carbocycles. The number of esters is 1. The predicted molar refractivity (Wildman–Crippen MR) is 74.7 cm³/mol. The van der Waals surface area contributed by atoms with E-state index in [1.54, 1.807) is 19.1 Å². The third-order valence-corrected chi connectivity index (χ3v) is 3.41. The van der Waals surface area contributed by atoms with E-state index < -0.39 is 0 Å². The van der Waals surface area contributed by atoms with Crippen molar-refractivity contribution in [2.45, 2.75) is 33.1 Å². The Kier molecular flexibility index (Phi) is 6.36. The molecule has 0 aliphatic rings. The van der Waals surface area contributed by atoms with Gasteiger partial charge in [0.2, 0.25) is 0 Å². The van der Waals surface area contributed by atoms with Gasteiger partial charge in [-0.1, -0.05) is 26.0 Å².